The first-order valence-corrected chi connectivity index (χ1v) is 7.51. The van der Waals surface area contributed by atoms with Crippen LogP contribution < -0.4 is 0 Å². The summed E-state index contributed by atoms with van der Waals surface area (Å²) >= 11 is 2.54. The molecule has 0 aliphatic heterocycles. The SMILES string of the molecule is ICC1CCC(Cc2ccccc2)CC1. The van der Waals surface area contributed by atoms with Gasteiger partial charge in [-0.1, -0.05) is 52.9 Å². The Morgan fingerprint density at radius 3 is 2.13 bits per heavy atom. The first-order chi connectivity index (χ1) is 7.38. The van der Waals surface area contributed by atoms with Crippen molar-refractivity contribution in [1.82, 2.24) is 0 Å². The molecule has 0 bridgehead atoms. The number of alkyl halides is 1. The predicted octanol–water partition coefficient (Wildman–Crippen LogP) is 4.47. The molecular formula is C14H19I. The third kappa shape index (κ3) is 3.47. The lowest BCUT2D eigenvalue weighted by Crippen LogP contribution is -2.17. The van der Waals surface area contributed by atoms with Crippen LogP contribution in [0.1, 0.15) is 31.2 Å². The van der Waals surface area contributed by atoms with Gasteiger partial charge < -0.3 is 0 Å². The van der Waals surface area contributed by atoms with E-state index in [-0.39, 0.29) is 0 Å². The van der Waals surface area contributed by atoms with E-state index in [9.17, 15) is 0 Å². The molecule has 15 heavy (non-hydrogen) atoms. The molecule has 1 fully saturated rings. The van der Waals surface area contributed by atoms with Gasteiger partial charge in [-0.05, 0) is 49.5 Å². The molecule has 1 heteroatoms. The minimum Gasteiger partial charge on any atom is -0.0861 e. The Morgan fingerprint density at radius 2 is 1.53 bits per heavy atom. The third-order valence-electron chi connectivity index (χ3n) is 3.55. The van der Waals surface area contributed by atoms with Gasteiger partial charge in [-0.3, -0.25) is 0 Å². The Morgan fingerprint density at radius 1 is 0.933 bits per heavy atom. The van der Waals surface area contributed by atoms with Crippen LogP contribution in [0.25, 0.3) is 0 Å². The molecule has 0 atom stereocenters. The van der Waals surface area contributed by atoms with Crippen LogP contribution in [-0.2, 0) is 6.42 Å². The molecule has 0 nitrogen and oxygen atoms in total. The summed E-state index contributed by atoms with van der Waals surface area (Å²) in [5.74, 6) is 1.96. The second-order valence-corrected chi connectivity index (χ2v) is 5.61. The quantitative estimate of drug-likeness (QED) is 0.570. The molecule has 0 aromatic heterocycles. The van der Waals surface area contributed by atoms with E-state index in [0.29, 0.717) is 0 Å². The van der Waals surface area contributed by atoms with Crippen molar-refractivity contribution in [2.24, 2.45) is 11.8 Å². The van der Waals surface area contributed by atoms with Gasteiger partial charge in [-0.2, -0.15) is 0 Å². The molecule has 1 aromatic carbocycles. The summed E-state index contributed by atoms with van der Waals surface area (Å²) in [6, 6.07) is 11.0. The van der Waals surface area contributed by atoms with Crippen molar-refractivity contribution < 1.29 is 0 Å². The van der Waals surface area contributed by atoms with E-state index in [1.165, 1.54) is 42.1 Å². The molecule has 0 amide bonds. The van der Waals surface area contributed by atoms with Crippen molar-refractivity contribution in [2.75, 3.05) is 4.43 Å². The molecule has 0 saturated heterocycles. The van der Waals surface area contributed by atoms with Crippen LogP contribution in [0.4, 0.5) is 0 Å². The Balaban J connectivity index is 1.82. The van der Waals surface area contributed by atoms with Gasteiger partial charge in [0.15, 0.2) is 0 Å². The molecular weight excluding hydrogens is 295 g/mol. The lowest BCUT2D eigenvalue weighted by atomic mass is 9.80. The molecule has 1 aliphatic rings. The first kappa shape index (κ1) is 11.4. The van der Waals surface area contributed by atoms with Crippen molar-refractivity contribution in [3.63, 3.8) is 0 Å². The van der Waals surface area contributed by atoms with Gasteiger partial charge in [-0.25, -0.2) is 0 Å². The second-order valence-electron chi connectivity index (χ2n) is 4.73. The smallest absolute Gasteiger partial charge is 0.00237 e. The summed E-state index contributed by atoms with van der Waals surface area (Å²) in [4.78, 5) is 0. The van der Waals surface area contributed by atoms with Gasteiger partial charge in [0, 0.05) is 4.43 Å². The third-order valence-corrected chi connectivity index (χ3v) is 4.80. The van der Waals surface area contributed by atoms with Crippen LogP contribution in [0.5, 0.6) is 0 Å². The van der Waals surface area contributed by atoms with E-state index in [1.54, 1.807) is 0 Å². The van der Waals surface area contributed by atoms with Crippen LogP contribution in [-0.4, -0.2) is 4.43 Å². The number of benzene rings is 1. The van der Waals surface area contributed by atoms with Crippen LogP contribution in [0, 0.1) is 11.8 Å². The Kier molecular flexibility index (Phi) is 4.48. The van der Waals surface area contributed by atoms with Crippen LogP contribution in [0.15, 0.2) is 30.3 Å². The molecule has 0 radical (unpaired) electrons. The minimum absolute atomic E-state index is 0.951. The van der Waals surface area contributed by atoms with Crippen molar-refractivity contribution >= 4 is 22.6 Å². The summed E-state index contributed by atoms with van der Waals surface area (Å²) in [5, 5.41) is 0. The fourth-order valence-electron chi connectivity index (χ4n) is 2.54. The zero-order valence-corrected chi connectivity index (χ0v) is 11.3. The van der Waals surface area contributed by atoms with Crippen LogP contribution in [0.3, 0.4) is 0 Å². The standard InChI is InChI=1S/C14H19I/c15-11-14-8-6-13(7-9-14)10-12-4-2-1-3-5-12/h1-5,13-14H,6-11H2. The maximum atomic E-state index is 2.54. The minimum atomic E-state index is 0.951. The van der Waals surface area contributed by atoms with Crippen LogP contribution >= 0.6 is 22.6 Å². The van der Waals surface area contributed by atoms with Gasteiger partial charge in [0.25, 0.3) is 0 Å². The lowest BCUT2D eigenvalue weighted by Gasteiger charge is -2.27. The summed E-state index contributed by atoms with van der Waals surface area (Å²) in [5.41, 5.74) is 1.52. The molecule has 82 valence electrons. The zero-order valence-electron chi connectivity index (χ0n) is 9.16. The van der Waals surface area contributed by atoms with Gasteiger partial charge in [0.05, 0.1) is 0 Å². The van der Waals surface area contributed by atoms with Crippen LogP contribution in [0.2, 0.25) is 0 Å². The van der Waals surface area contributed by atoms with Gasteiger partial charge >= 0.3 is 0 Å². The van der Waals surface area contributed by atoms with E-state index in [2.05, 4.69) is 52.9 Å². The fraction of sp³-hybridized carbons (Fsp3) is 0.571. The highest BCUT2D eigenvalue weighted by Crippen LogP contribution is 2.31. The molecule has 0 unspecified atom stereocenters. The van der Waals surface area contributed by atoms with Crippen molar-refractivity contribution in [3.8, 4) is 0 Å². The van der Waals surface area contributed by atoms with Crippen molar-refractivity contribution in [1.29, 1.82) is 0 Å². The molecule has 0 N–H and O–H groups in total. The molecule has 1 saturated carbocycles. The summed E-state index contributed by atoms with van der Waals surface area (Å²) in [6.07, 6.45) is 7.11. The average Bonchev–Trinajstić information content (AvgIpc) is 2.31. The van der Waals surface area contributed by atoms with Crippen molar-refractivity contribution in [3.05, 3.63) is 35.9 Å². The zero-order chi connectivity index (χ0) is 10.5. The Bertz CT molecular complexity index is 273. The predicted molar refractivity (Wildman–Crippen MR) is 74.5 cm³/mol. The molecule has 0 heterocycles. The van der Waals surface area contributed by atoms with E-state index in [0.717, 1.165) is 11.8 Å². The number of rotatable bonds is 3. The topological polar surface area (TPSA) is 0 Å². The lowest BCUT2D eigenvalue weighted by molar-refractivity contribution is 0.294. The largest absolute Gasteiger partial charge is 0.0861 e. The van der Waals surface area contributed by atoms with E-state index in [1.807, 2.05) is 0 Å². The maximum Gasteiger partial charge on any atom is 0.00237 e. The highest BCUT2D eigenvalue weighted by Gasteiger charge is 2.20. The van der Waals surface area contributed by atoms with Gasteiger partial charge in [0.2, 0.25) is 0 Å². The molecule has 1 aliphatic carbocycles. The highest BCUT2D eigenvalue weighted by atomic mass is 127. The fourth-order valence-corrected chi connectivity index (χ4v) is 3.42. The van der Waals surface area contributed by atoms with Gasteiger partial charge in [-0.15, -0.1) is 0 Å². The monoisotopic (exact) mass is 314 g/mol. The summed E-state index contributed by atoms with van der Waals surface area (Å²) < 4.78 is 1.36. The molecule has 1 aromatic rings. The first-order valence-electron chi connectivity index (χ1n) is 5.98. The average molecular weight is 314 g/mol. The normalized spacial score (nSPS) is 26.5. The number of halogens is 1. The van der Waals surface area contributed by atoms with Crippen molar-refractivity contribution in [2.45, 2.75) is 32.1 Å². The highest BCUT2D eigenvalue weighted by molar-refractivity contribution is 14.1. The maximum absolute atomic E-state index is 2.54. The van der Waals surface area contributed by atoms with E-state index in [4.69, 9.17) is 0 Å². The number of hydrogen-bond donors (Lipinski definition) is 0. The molecule has 0 spiro atoms. The van der Waals surface area contributed by atoms with E-state index >= 15 is 0 Å². The number of hydrogen-bond acceptors (Lipinski definition) is 0. The molecule has 2 rings (SSSR count). The second kappa shape index (κ2) is 5.88. The van der Waals surface area contributed by atoms with Gasteiger partial charge in [0.1, 0.15) is 0 Å². The Labute approximate surface area is 107 Å². The summed E-state index contributed by atoms with van der Waals surface area (Å²) in [7, 11) is 0. The Hall–Kier alpha value is -0.0500. The summed E-state index contributed by atoms with van der Waals surface area (Å²) in [6.45, 7) is 0. The van der Waals surface area contributed by atoms with E-state index < -0.39 is 0 Å².